The highest BCUT2D eigenvalue weighted by atomic mass is 16.5. The minimum atomic E-state index is -0.934. The Morgan fingerprint density at radius 1 is 1.33 bits per heavy atom. The molecule has 0 fully saturated rings. The molecule has 0 aliphatic rings. The Labute approximate surface area is 142 Å². The number of hydrogen-bond acceptors (Lipinski definition) is 5. The van der Waals surface area contributed by atoms with E-state index in [1.165, 1.54) is 26.2 Å². The summed E-state index contributed by atoms with van der Waals surface area (Å²) in [5.74, 6) is -0.614. The summed E-state index contributed by atoms with van der Waals surface area (Å²) in [4.78, 5) is 23.5. The van der Waals surface area contributed by atoms with E-state index in [9.17, 15) is 9.59 Å². The van der Waals surface area contributed by atoms with Crippen LogP contribution in [0.2, 0.25) is 0 Å². The average molecular weight is 332 g/mol. The number of nitrogens with one attached hydrogen (secondary N) is 1. The highest BCUT2D eigenvalue weighted by Crippen LogP contribution is 2.25. The lowest BCUT2D eigenvalue weighted by molar-refractivity contribution is -0.136. The fraction of sp³-hybridized carbons (Fsp3) is 0.500. The topological polar surface area (TPSA) is 88.4 Å². The lowest BCUT2D eigenvalue weighted by atomic mass is 9.97. The maximum atomic E-state index is 12.5. The second-order valence-electron chi connectivity index (χ2n) is 5.76. The van der Waals surface area contributed by atoms with Crippen LogP contribution in [0.1, 0.15) is 52.0 Å². The third-order valence-corrected chi connectivity index (χ3v) is 3.80. The van der Waals surface area contributed by atoms with Crippen LogP contribution < -0.4 is 10.1 Å². The molecule has 1 atom stereocenters. The number of carbonyl (C=O) groups is 2. The molecule has 0 aliphatic heterocycles. The third kappa shape index (κ3) is 5.36. The highest BCUT2D eigenvalue weighted by Gasteiger charge is 2.32. The third-order valence-electron chi connectivity index (χ3n) is 3.80. The van der Waals surface area contributed by atoms with Crippen molar-refractivity contribution in [1.29, 1.82) is 5.26 Å². The Balaban J connectivity index is 2.89. The number of rotatable bonds is 8. The van der Waals surface area contributed by atoms with Crippen LogP contribution in [0.25, 0.3) is 0 Å². The molecule has 0 aromatic heterocycles. The fourth-order valence-corrected chi connectivity index (χ4v) is 2.22. The predicted molar refractivity (Wildman–Crippen MR) is 90.7 cm³/mol. The molecule has 0 spiro atoms. The number of carbonyl (C=O) groups excluding carboxylic acids is 2. The van der Waals surface area contributed by atoms with Crippen molar-refractivity contribution in [3.05, 3.63) is 23.8 Å². The van der Waals surface area contributed by atoms with Crippen molar-refractivity contribution in [3.8, 4) is 11.8 Å². The van der Waals surface area contributed by atoms with Crippen molar-refractivity contribution in [2.45, 2.75) is 52.1 Å². The van der Waals surface area contributed by atoms with E-state index in [-0.39, 0.29) is 17.2 Å². The van der Waals surface area contributed by atoms with E-state index in [0.29, 0.717) is 12.1 Å². The van der Waals surface area contributed by atoms with Crippen LogP contribution in [0.3, 0.4) is 0 Å². The van der Waals surface area contributed by atoms with Crippen LogP contribution in [-0.4, -0.2) is 24.6 Å². The molecule has 1 N–H and O–H groups in total. The van der Waals surface area contributed by atoms with Crippen molar-refractivity contribution in [2.75, 3.05) is 12.4 Å². The number of hydrogen-bond donors (Lipinski definition) is 1. The molecule has 130 valence electrons. The number of esters is 1. The van der Waals surface area contributed by atoms with E-state index in [0.717, 1.165) is 19.3 Å². The Kier molecular flexibility index (Phi) is 7.40. The van der Waals surface area contributed by atoms with E-state index in [1.807, 2.05) is 6.07 Å². The highest BCUT2D eigenvalue weighted by molar-refractivity contribution is 5.97. The smallest absolute Gasteiger partial charge is 0.308 e. The molecular weight excluding hydrogens is 308 g/mol. The van der Waals surface area contributed by atoms with Crippen LogP contribution in [0.15, 0.2) is 18.2 Å². The molecular formula is C18H24N2O4. The number of ether oxygens (including phenoxy) is 2. The van der Waals surface area contributed by atoms with Gasteiger partial charge in [0.1, 0.15) is 17.4 Å². The zero-order valence-electron chi connectivity index (χ0n) is 14.6. The lowest BCUT2D eigenvalue weighted by Gasteiger charge is -2.27. The van der Waals surface area contributed by atoms with E-state index < -0.39 is 11.6 Å². The monoisotopic (exact) mass is 332 g/mol. The Bertz CT molecular complexity index is 636. The Morgan fingerprint density at radius 3 is 2.58 bits per heavy atom. The molecule has 6 nitrogen and oxygen atoms in total. The average Bonchev–Trinajstić information content (AvgIpc) is 2.55. The first-order chi connectivity index (χ1) is 11.4. The normalized spacial score (nSPS) is 12.8. The number of benzene rings is 1. The number of amides is 1. The maximum absolute atomic E-state index is 12.5. The molecule has 0 aliphatic carbocycles. The number of nitrogens with zero attached hydrogens (tertiary/aromatic N) is 1. The first-order valence-corrected chi connectivity index (χ1v) is 7.95. The van der Waals surface area contributed by atoms with Crippen LogP contribution in [0.4, 0.5) is 5.69 Å². The van der Waals surface area contributed by atoms with Crippen LogP contribution in [0, 0.1) is 11.3 Å². The summed E-state index contributed by atoms with van der Waals surface area (Å²) in [6.07, 6.45) is 3.59. The largest absolute Gasteiger partial charge is 0.425 e. The number of unbranched alkanes of at least 4 members (excludes halogenated alkanes) is 2. The molecule has 6 heteroatoms. The van der Waals surface area contributed by atoms with Crippen LogP contribution in [0.5, 0.6) is 5.75 Å². The predicted octanol–water partition coefficient (Wildman–Crippen LogP) is 3.41. The van der Waals surface area contributed by atoms with Gasteiger partial charge in [-0.05, 0) is 31.5 Å². The van der Waals surface area contributed by atoms with Crippen molar-refractivity contribution >= 4 is 17.6 Å². The van der Waals surface area contributed by atoms with E-state index in [4.69, 9.17) is 14.7 Å². The van der Waals surface area contributed by atoms with Gasteiger partial charge in [0.2, 0.25) is 0 Å². The van der Waals surface area contributed by atoms with E-state index >= 15 is 0 Å². The fourth-order valence-electron chi connectivity index (χ4n) is 2.22. The van der Waals surface area contributed by atoms with Crippen molar-refractivity contribution in [1.82, 2.24) is 0 Å². The lowest BCUT2D eigenvalue weighted by Crippen LogP contribution is -2.42. The Hall–Kier alpha value is -2.39. The second-order valence-corrected chi connectivity index (χ2v) is 5.76. The molecule has 1 aromatic carbocycles. The maximum Gasteiger partial charge on any atom is 0.308 e. The summed E-state index contributed by atoms with van der Waals surface area (Å²) in [7, 11) is 1.51. The van der Waals surface area contributed by atoms with Gasteiger partial charge in [-0.15, -0.1) is 0 Å². The zero-order chi connectivity index (χ0) is 18.2. The minimum Gasteiger partial charge on any atom is -0.425 e. The molecule has 0 radical (unpaired) electrons. The SMILES string of the molecule is CCCCCC(C)(OC)C(=O)Nc1ccc(OC(C)=O)c(C#N)c1. The summed E-state index contributed by atoms with van der Waals surface area (Å²) in [6.45, 7) is 5.10. The van der Waals surface area contributed by atoms with Crippen molar-refractivity contribution in [3.63, 3.8) is 0 Å². The summed E-state index contributed by atoms with van der Waals surface area (Å²) in [5.41, 5.74) is -0.310. The first-order valence-electron chi connectivity index (χ1n) is 7.95. The van der Waals surface area contributed by atoms with Gasteiger partial charge in [0, 0.05) is 19.7 Å². The van der Waals surface area contributed by atoms with Crippen LogP contribution >= 0.6 is 0 Å². The minimum absolute atomic E-state index is 0.167. The molecule has 24 heavy (non-hydrogen) atoms. The van der Waals surface area contributed by atoms with Gasteiger partial charge in [0.15, 0.2) is 0 Å². The van der Waals surface area contributed by atoms with E-state index in [2.05, 4.69) is 12.2 Å². The molecule has 0 saturated carbocycles. The van der Waals surface area contributed by atoms with Crippen molar-refractivity contribution < 1.29 is 19.1 Å². The summed E-state index contributed by atoms with van der Waals surface area (Å²) in [6, 6.07) is 6.49. The Morgan fingerprint density at radius 2 is 2.04 bits per heavy atom. The summed E-state index contributed by atoms with van der Waals surface area (Å²) >= 11 is 0. The quantitative estimate of drug-likeness (QED) is 0.448. The molecule has 0 bridgehead atoms. The molecule has 1 rings (SSSR count). The van der Waals surface area contributed by atoms with Gasteiger partial charge < -0.3 is 14.8 Å². The zero-order valence-corrected chi connectivity index (χ0v) is 14.6. The van der Waals surface area contributed by atoms with Gasteiger partial charge >= 0.3 is 5.97 Å². The molecule has 1 amide bonds. The van der Waals surface area contributed by atoms with Crippen LogP contribution in [-0.2, 0) is 14.3 Å². The van der Waals surface area contributed by atoms with Gasteiger partial charge in [-0.25, -0.2) is 0 Å². The molecule has 0 saturated heterocycles. The van der Waals surface area contributed by atoms with Gasteiger partial charge in [-0.3, -0.25) is 9.59 Å². The summed E-state index contributed by atoms with van der Waals surface area (Å²) < 4.78 is 10.4. The van der Waals surface area contributed by atoms with Gasteiger partial charge in [-0.2, -0.15) is 5.26 Å². The van der Waals surface area contributed by atoms with Gasteiger partial charge in [0.25, 0.3) is 5.91 Å². The molecule has 1 unspecified atom stereocenters. The molecule has 0 heterocycles. The molecule has 1 aromatic rings. The number of methoxy groups -OCH3 is 1. The van der Waals surface area contributed by atoms with Gasteiger partial charge in [0.05, 0.1) is 5.56 Å². The number of nitriles is 1. The second kappa shape index (κ2) is 9.04. The van der Waals surface area contributed by atoms with E-state index in [1.54, 1.807) is 13.0 Å². The summed E-state index contributed by atoms with van der Waals surface area (Å²) in [5, 5.41) is 11.9. The first kappa shape index (κ1) is 19.7. The van der Waals surface area contributed by atoms with Crippen molar-refractivity contribution in [2.24, 2.45) is 0 Å². The standard InChI is InChI=1S/C18H24N2O4/c1-5-6-7-10-18(3,23-4)17(22)20-15-8-9-16(24-13(2)21)14(11-15)12-19/h8-9,11H,5-7,10H2,1-4H3,(H,20,22). The van der Waals surface area contributed by atoms with Gasteiger partial charge in [-0.1, -0.05) is 26.2 Å². The number of anilines is 1.